The highest BCUT2D eigenvalue weighted by Crippen LogP contribution is 2.40. The summed E-state index contributed by atoms with van der Waals surface area (Å²) in [5.74, 6) is 0.746. The van der Waals surface area contributed by atoms with Crippen LogP contribution < -0.4 is 5.32 Å². The number of halogens is 2. The van der Waals surface area contributed by atoms with E-state index in [-0.39, 0.29) is 10.9 Å². The van der Waals surface area contributed by atoms with Crippen molar-refractivity contribution in [2.75, 3.05) is 5.32 Å². The molecular weight excluding hydrogens is 411 g/mol. The third-order valence-corrected chi connectivity index (χ3v) is 6.11. The Morgan fingerprint density at radius 1 is 1.28 bits per heavy atom. The number of aromatic nitrogens is 3. The fourth-order valence-corrected chi connectivity index (χ4v) is 4.05. The van der Waals surface area contributed by atoms with Gasteiger partial charge in [-0.25, -0.2) is 4.39 Å². The molecule has 0 aliphatic heterocycles. The number of hydrogen-bond donors (Lipinski definition) is 1. The Kier molecular flexibility index (Phi) is 5.87. The van der Waals surface area contributed by atoms with E-state index in [1.807, 2.05) is 18.2 Å². The predicted octanol–water partition coefficient (Wildman–Crippen LogP) is 5.12. The number of anilines is 1. The molecule has 0 saturated heterocycles. The fourth-order valence-electron chi connectivity index (χ4n) is 2.98. The SMILES string of the molecule is CC(Sc1nnc(C2CC2)n1Cc1ccccc1)C(=O)Nc1ccc(F)cc1Cl. The smallest absolute Gasteiger partial charge is 0.237 e. The van der Waals surface area contributed by atoms with Gasteiger partial charge in [0, 0.05) is 5.92 Å². The van der Waals surface area contributed by atoms with Crippen molar-refractivity contribution in [2.45, 2.75) is 42.6 Å². The second-order valence-electron chi connectivity index (χ2n) is 7.06. The molecule has 1 unspecified atom stereocenters. The van der Waals surface area contributed by atoms with E-state index in [1.165, 1.54) is 30.0 Å². The molecule has 1 heterocycles. The Labute approximate surface area is 177 Å². The maximum atomic E-state index is 13.2. The average molecular weight is 431 g/mol. The first-order valence-electron chi connectivity index (χ1n) is 9.41. The molecule has 1 fully saturated rings. The van der Waals surface area contributed by atoms with Gasteiger partial charge in [-0.3, -0.25) is 4.79 Å². The van der Waals surface area contributed by atoms with Gasteiger partial charge in [0.2, 0.25) is 5.91 Å². The normalized spacial score (nSPS) is 14.6. The van der Waals surface area contributed by atoms with Crippen LogP contribution in [0.3, 0.4) is 0 Å². The standard InChI is InChI=1S/C21H20ClFN4OS/c1-13(20(28)24-18-10-9-16(23)11-17(18)22)29-21-26-25-19(15-7-8-15)27(21)12-14-5-3-2-4-6-14/h2-6,9-11,13,15H,7-8,12H2,1H3,(H,24,28). The van der Waals surface area contributed by atoms with E-state index in [9.17, 15) is 9.18 Å². The Hall–Kier alpha value is -2.38. The number of hydrogen-bond acceptors (Lipinski definition) is 4. The summed E-state index contributed by atoms with van der Waals surface area (Å²) in [4.78, 5) is 12.6. The van der Waals surface area contributed by atoms with Crippen LogP contribution in [0.5, 0.6) is 0 Å². The molecule has 0 bridgehead atoms. The minimum Gasteiger partial charge on any atom is -0.324 e. The lowest BCUT2D eigenvalue weighted by atomic mass is 10.2. The van der Waals surface area contributed by atoms with Crippen molar-refractivity contribution in [3.05, 3.63) is 70.8 Å². The highest BCUT2D eigenvalue weighted by atomic mass is 35.5. The average Bonchev–Trinajstić information content (AvgIpc) is 3.48. The van der Waals surface area contributed by atoms with E-state index in [1.54, 1.807) is 6.92 Å². The second-order valence-corrected chi connectivity index (χ2v) is 8.78. The van der Waals surface area contributed by atoms with Crippen molar-refractivity contribution in [1.29, 1.82) is 0 Å². The van der Waals surface area contributed by atoms with E-state index in [2.05, 4.69) is 32.2 Å². The molecule has 8 heteroatoms. The van der Waals surface area contributed by atoms with Gasteiger partial charge in [-0.1, -0.05) is 53.7 Å². The molecule has 1 amide bonds. The molecule has 150 valence electrons. The van der Waals surface area contributed by atoms with Gasteiger partial charge in [-0.2, -0.15) is 0 Å². The van der Waals surface area contributed by atoms with Gasteiger partial charge in [-0.05, 0) is 43.5 Å². The highest BCUT2D eigenvalue weighted by Gasteiger charge is 2.31. The summed E-state index contributed by atoms with van der Waals surface area (Å²) in [6, 6.07) is 14.0. The molecule has 0 spiro atoms. The molecule has 29 heavy (non-hydrogen) atoms. The summed E-state index contributed by atoms with van der Waals surface area (Å²) in [6.07, 6.45) is 2.24. The van der Waals surface area contributed by atoms with Crippen LogP contribution in [-0.4, -0.2) is 25.9 Å². The molecule has 1 aliphatic carbocycles. The number of benzene rings is 2. The van der Waals surface area contributed by atoms with Gasteiger partial charge in [0.05, 0.1) is 22.5 Å². The summed E-state index contributed by atoms with van der Waals surface area (Å²) >= 11 is 7.36. The van der Waals surface area contributed by atoms with E-state index < -0.39 is 11.1 Å². The molecule has 4 rings (SSSR count). The molecule has 1 saturated carbocycles. The lowest BCUT2D eigenvalue weighted by molar-refractivity contribution is -0.115. The quantitative estimate of drug-likeness (QED) is 0.529. The van der Waals surface area contributed by atoms with Crippen LogP contribution in [0.2, 0.25) is 5.02 Å². The maximum absolute atomic E-state index is 13.2. The molecule has 1 aliphatic rings. The maximum Gasteiger partial charge on any atom is 0.237 e. The number of carbonyl (C=O) groups excluding carboxylic acids is 1. The Morgan fingerprint density at radius 3 is 2.72 bits per heavy atom. The lowest BCUT2D eigenvalue weighted by Crippen LogP contribution is -2.23. The number of nitrogens with zero attached hydrogens (tertiary/aromatic N) is 3. The zero-order valence-electron chi connectivity index (χ0n) is 15.8. The summed E-state index contributed by atoms with van der Waals surface area (Å²) in [7, 11) is 0. The zero-order chi connectivity index (χ0) is 20.4. The van der Waals surface area contributed by atoms with Gasteiger partial charge >= 0.3 is 0 Å². The minimum atomic E-state index is -0.447. The molecule has 1 atom stereocenters. The largest absolute Gasteiger partial charge is 0.324 e. The third kappa shape index (κ3) is 4.79. The molecule has 2 aromatic carbocycles. The number of rotatable bonds is 7. The van der Waals surface area contributed by atoms with Gasteiger partial charge < -0.3 is 9.88 Å². The first kappa shape index (κ1) is 19.9. The topological polar surface area (TPSA) is 59.8 Å². The number of nitrogens with one attached hydrogen (secondary N) is 1. The number of carbonyl (C=O) groups is 1. The second kappa shape index (κ2) is 8.55. The van der Waals surface area contributed by atoms with Crippen LogP contribution in [-0.2, 0) is 11.3 Å². The molecule has 5 nitrogen and oxygen atoms in total. The van der Waals surface area contributed by atoms with E-state index in [0.717, 1.165) is 24.2 Å². The highest BCUT2D eigenvalue weighted by molar-refractivity contribution is 8.00. The Balaban J connectivity index is 1.50. The molecule has 0 radical (unpaired) electrons. The summed E-state index contributed by atoms with van der Waals surface area (Å²) in [5.41, 5.74) is 1.54. The fraction of sp³-hybridized carbons (Fsp3) is 0.286. The molecular formula is C21H20ClFN4OS. The molecule has 3 aromatic rings. The molecule has 1 aromatic heterocycles. The van der Waals surface area contributed by atoms with E-state index in [4.69, 9.17) is 11.6 Å². The van der Waals surface area contributed by atoms with Gasteiger partial charge in [0.25, 0.3) is 0 Å². The van der Waals surface area contributed by atoms with Crippen LogP contribution >= 0.6 is 23.4 Å². The van der Waals surface area contributed by atoms with Crippen molar-refractivity contribution in [3.63, 3.8) is 0 Å². The predicted molar refractivity (Wildman–Crippen MR) is 113 cm³/mol. The van der Waals surface area contributed by atoms with Crippen molar-refractivity contribution in [3.8, 4) is 0 Å². The summed E-state index contributed by atoms with van der Waals surface area (Å²) in [6.45, 7) is 2.47. The van der Waals surface area contributed by atoms with Gasteiger partial charge in [0.15, 0.2) is 5.16 Å². The van der Waals surface area contributed by atoms with Crippen LogP contribution in [0.15, 0.2) is 53.7 Å². The Bertz CT molecular complexity index is 1020. The monoisotopic (exact) mass is 430 g/mol. The summed E-state index contributed by atoms with van der Waals surface area (Å²) in [5, 5.41) is 11.9. The van der Waals surface area contributed by atoms with Crippen LogP contribution in [0, 0.1) is 5.82 Å². The van der Waals surface area contributed by atoms with Gasteiger partial charge in [0.1, 0.15) is 11.6 Å². The van der Waals surface area contributed by atoms with Gasteiger partial charge in [-0.15, -0.1) is 10.2 Å². The Morgan fingerprint density at radius 2 is 2.03 bits per heavy atom. The first-order valence-corrected chi connectivity index (χ1v) is 10.7. The van der Waals surface area contributed by atoms with Crippen molar-refractivity contribution in [2.24, 2.45) is 0 Å². The van der Waals surface area contributed by atoms with Crippen molar-refractivity contribution >= 4 is 35.0 Å². The van der Waals surface area contributed by atoms with E-state index in [0.29, 0.717) is 23.3 Å². The zero-order valence-corrected chi connectivity index (χ0v) is 17.4. The molecule has 1 N–H and O–H groups in total. The van der Waals surface area contributed by atoms with Crippen molar-refractivity contribution in [1.82, 2.24) is 14.8 Å². The third-order valence-electron chi connectivity index (χ3n) is 4.71. The van der Waals surface area contributed by atoms with Crippen LogP contribution in [0.4, 0.5) is 10.1 Å². The number of thioether (sulfide) groups is 1. The van der Waals surface area contributed by atoms with E-state index >= 15 is 0 Å². The van der Waals surface area contributed by atoms with Crippen LogP contribution in [0.25, 0.3) is 0 Å². The first-order chi connectivity index (χ1) is 14.0. The van der Waals surface area contributed by atoms with Crippen LogP contribution in [0.1, 0.15) is 37.1 Å². The minimum absolute atomic E-state index is 0.166. The number of amides is 1. The summed E-state index contributed by atoms with van der Waals surface area (Å²) < 4.78 is 15.3. The lowest BCUT2D eigenvalue weighted by Gasteiger charge is -2.14. The van der Waals surface area contributed by atoms with Crippen molar-refractivity contribution < 1.29 is 9.18 Å².